The number of nitrogens with zero attached hydrogens (tertiary/aromatic N) is 4. The van der Waals surface area contributed by atoms with Crippen LogP contribution in [0.2, 0.25) is 0 Å². The molecule has 1 aromatic heterocycles. The van der Waals surface area contributed by atoms with Gasteiger partial charge in [0.05, 0.1) is 18.8 Å². The van der Waals surface area contributed by atoms with E-state index in [1.807, 2.05) is 13.8 Å². The van der Waals surface area contributed by atoms with Gasteiger partial charge in [0.25, 0.3) is 0 Å². The van der Waals surface area contributed by atoms with Crippen LogP contribution in [0, 0.1) is 13.8 Å². The van der Waals surface area contributed by atoms with Crippen molar-refractivity contribution < 1.29 is 14.1 Å². The second-order valence-electron chi connectivity index (χ2n) is 7.17. The zero-order valence-corrected chi connectivity index (χ0v) is 17.7. The van der Waals surface area contributed by atoms with Crippen molar-refractivity contribution in [1.82, 2.24) is 25.6 Å². The van der Waals surface area contributed by atoms with Gasteiger partial charge >= 0.3 is 0 Å². The predicted molar refractivity (Wildman–Crippen MR) is 109 cm³/mol. The fourth-order valence-electron chi connectivity index (χ4n) is 3.54. The first-order valence-electron chi connectivity index (χ1n) is 9.82. The topological polar surface area (TPSA) is 95.2 Å². The van der Waals surface area contributed by atoms with Gasteiger partial charge in [0, 0.05) is 64.9 Å². The lowest BCUT2D eigenvalue weighted by Gasteiger charge is -2.36. The summed E-state index contributed by atoms with van der Waals surface area (Å²) in [7, 11) is 3.43. The molecule has 9 heteroatoms. The summed E-state index contributed by atoms with van der Waals surface area (Å²) >= 11 is 0. The molecule has 1 aliphatic heterocycles. The Hall–Kier alpha value is -2.13. The largest absolute Gasteiger partial charge is 0.383 e. The second-order valence-corrected chi connectivity index (χ2v) is 7.17. The number of piperazine rings is 1. The van der Waals surface area contributed by atoms with E-state index >= 15 is 0 Å². The SMILES string of the molecule is CN=C(NCC(C)c1c(C)noc1C)N1CCN(CC(=O)NCCOC)CC1. The molecule has 1 aromatic rings. The van der Waals surface area contributed by atoms with Crippen LogP contribution in [-0.4, -0.2) is 93.4 Å². The number of hydrogen-bond acceptors (Lipinski definition) is 6. The lowest BCUT2D eigenvalue weighted by molar-refractivity contribution is -0.122. The minimum atomic E-state index is 0.0429. The van der Waals surface area contributed by atoms with Crippen molar-refractivity contribution in [1.29, 1.82) is 0 Å². The maximum atomic E-state index is 11.9. The number of aliphatic imine (C=N–C) groups is 1. The number of methoxy groups -OCH3 is 1. The summed E-state index contributed by atoms with van der Waals surface area (Å²) in [5, 5.41) is 10.4. The van der Waals surface area contributed by atoms with E-state index in [-0.39, 0.29) is 11.8 Å². The highest BCUT2D eigenvalue weighted by molar-refractivity contribution is 5.80. The highest BCUT2D eigenvalue weighted by Crippen LogP contribution is 2.22. The minimum absolute atomic E-state index is 0.0429. The Morgan fingerprint density at radius 1 is 1.29 bits per heavy atom. The first kappa shape index (κ1) is 22.2. The second kappa shape index (κ2) is 11.0. The molecule has 9 nitrogen and oxygen atoms in total. The number of aromatic nitrogens is 1. The first-order chi connectivity index (χ1) is 13.5. The molecule has 1 unspecified atom stereocenters. The molecule has 2 N–H and O–H groups in total. The van der Waals surface area contributed by atoms with Gasteiger partial charge in [-0.05, 0) is 13.8 Å². The van der Waals surface area contributed by atoms with Crippen LogP contribution in [0.25, 0.3) is 0 Å². The molecule has 1 fully saturated rings. The van der Waals surface area contributed by atoms with Crippen LogP contribution in [0.5, 0.6) is 0 Å². The summed E-state index contributed by atoms with van der Waals surface area (Å²) in [5.41, 5.74) is 2.10. The summed E-state index contributed by atoms with van der Waals surface area (Å²) < 4.78 is 10.2. The number of ether oxygens (including phenoxy) is 1. The molecule has 28 heavy (non-hydrogen) atoms. The fraction of sp³-hybridized carbons (Fsp3) is 0.737. The third-order valence-corrected chi connectivity index (χ3v) is 5.03. The van der Waals surface area contributed by atoms with E-state index in [4.69, 9.17) is 9.26 Å². The molecule has 2 rings (SSSR count). The molecule has 1 amide bonds. The monoisotopic (exact) mass is 394 g/mol. The zero-order chi connectivity index (χ0) is 20.5. The summed E-state index contributed by atoms with van der Waals surface area (Å²) in [5.74, 6) is 2.09. The van der Waals surface area contributed by atoms with Gasteiger partial charge in [0.2, 0.25) is 5.91 Å². The van der Waals surface area contributed by atoms with E-state index in [1.165, 1.54) is 0 Å². The fourth-order valence-corrected chi connectivity index (χ4v) is 3.54. The number of carbonyl (C=O) groups is 1. The summed E-state index contributed by atoms with van der Waals surface area (Å²) in [6, 6.07) is 0. The van der Waals surface area contributed by atoms with Gasteiger partial charge < -0.3 is 24.8 Å². The molecule has 2 heterocycles. The molecule has 0 saturated carbocycles. The first-order valence-corrected chi connectivity index (χ1v) is 9.82. The third kappa shape index (κ3) is 6.20. The smallest absolute Gasteiger partial charge is 0.234 e. The van der Waals surface area contributed by atoms with Gasteiger partial charge in [0.15, 0.2) is 5.96 Å². The van der Waals surface area contributed by atoms with E-state index in [0.29, 0.717) is 19.7 Å². The highest BCUT2D eigenvalue weighted by Gasteiger charge is 2.22. The third-order valence-electron chi connectivity index (χ3n) is 5.03. The summed E-state index contributed by atoms with van der Waals surface area (Å²) in [6.07, 6.45) is 0. The van der Waals surface area contributed by atoms with Crippen LogP contribution >= 0.6 is 0 Å². The number of hydrogen-bond donors (Lipinski definition) is 2. The Bertz CT molecular complexity index is 633. The lowest BCUT2D eigenvalue weighted by atomic mass is 10.00. The van der Waals surface area contributed by atoms with Crippen molar-refractivity contribution in [3.63, 3.8) is 0 Å². The van der Waals surface area contributed by atoms with Gasteiger partial charge in [-0.1, -0.05) is 12.1 Å². The Morgan fingerprint density at radius 2 is 2.00 bits per heavy atom. The Balaban J connectivity index is 1.76. The minimum Gasteiger partial charge on any atom is -0.383 e. The highest BCUT2D eigenvalue weighted by atomic mass is 16.5. The number of rotatable bonds is 8. The summed E-state index contributed by atoms with van der Waals surface area (Å²) in [4.78, 5) is 20.8. The molecule has 1 saturated heterocycles. The number of guanidine groups is 1. The van der Waals surface area contributed by atoms with Crippen LogP contribution in [0.1, 0.15) is 29.9 Å². The standard InChI is InChI=1S/C19H34N6O3/c1-14(18-15(2)23-28-16(18)3)12-22-19(20-4)25-9-7-24(8-10-25)13-17(26)21-6-11-27-5/h14H,6-13H2,1-5H3,(H,20,22)(H,21,26). The van der Waals surface area contributed by atoms with Crippen molar-refractivity contribution >= 4 is 11.9 Å². The molecule has 1 atom stereocenters. The van der Waals surface area contributed by atoms with Gasteiger partial charge in [-0.2, -0.15) is 0 Å². The predicted octanol–water partition coefficient (Wildman–Crippen LogP) is 0.351. The van der Waals surface area contributed by atoms with E-state index in [0.717, 1.165) is 55.7 Å². The molecule has 0 aliphatic carbocycles. The molecular weight excluding hydrogens is 360 g/mol. The number of carbonyl (C=O) groups excluding carboxylic acids is 1. The summed E-state index contributed by atoms with van der Waals surface area (Å²) in [6.45, 7) is 11.7. The van der Waals surface area contributed by atoms with Crippen molar-refractivity contribution in [3.05, 3.63) is 17.0 Å². The van der Waals surface area contributed by atoms with Crippen molar-refractivity contribution in [2.45, 2.75) is 26.7 Å². The lowest BCUT2D eigenvalue weighted by Crippen LogP contribution is -2.54. The molecule has 158 valence electrons. The average Bonchev–Trinajstić information content (AvgIpc) is 3.02. The Labute approximate surface area is 167 Å². The Kier molecular flexibility index (Phi) is 8.72. The molecule has 0 radical (unpaired) electrons. The average molecular weight is 395 g/mol. The van der Waals surface area contributed by atoms with E-state index in [1.54, 1.807) is 14.2 Å². The van der Waals surface area contributed by atoms with Crippen LogP contribution in [0.15, 0.2) is 9.52 Å². The number of aryl methyl sites for hydroxylation is 2. The van der Waals surface area contributed by atoms with Crippen molar-refractivity contribution in [3.8, 4) is 0 Å². The van der Waals surface area contributed by atoms with Crippen LogP contribution in [0.3, 0.4) is 0 Å². The molecule has 0 bridgehead atoms. The van der Waals surface area contributed by atoms with Gasteiger partial charge in [-0.15, -0.1) is 0 Å². The Morgan fingerprint density at radius 3 is 2.57 bits per heavy atom. The quantitative estimate of drug-likeness (QED) is 0.373. The van der Waals surface area contributed by atoms with Crippen molar-refractivity contribution in [2.24, 2.45) is 4.99 Å². The van der Waals surface area contributed by atoms with E-state index < -0.39 is 0 Å². The molecular formula is C19H34N6O3. The van der Waals surface area contributed by atoms with E-state index in [2.05, 4.69) is 37.5 Å². The van der Waals surface area contributed by atoms with Crippen LogP contribution in [-0.2, 0) is 9.53 Å². The van der Waals surface area contributed by atoms with E-state index in [9.17, 15) is 4.79 Å². The maximum Gasteiger partial charge on any atom is 0.234 e. The molecule has 0 spiro atoms. The molecule has 0 aromatic carbocycles. The van der Waals surface area contributed by atoms with Crippen molar-refractivity contribution in [2.75, 3.05) is 66.6 Å². The normalized spacial score (nSPS) is 16.9. The van der Waals surface area contributed by atoms with Crippen LogP contribution in [0.4, 0.5) is 0 Å². The zero-order valence-electron chi connectivity index (χ0n) is 17.7. The molecule has 1 aliphatic rings. The number of amides is 1. The van der Waals surface area contributed by atoms with Gasteiger partial charge in [0.1, 0.15) is 5.76 Å². The van der Waals surface area contributed by atoms with Crippen LogP contribution < -0.4 is 10.6 Å². The maximum absolute atomic E-state index is 11.9. The van der Waals surface area contributed by atoms with Gasteiger partial charge in [-0.3, -0.25) is 14.7 Å². The number of nitrogens with one attached hydrogen (secondary N) is 2. The van der Waals surface area contributed by atoms with Gasteiger partial charge in [-0.25, -0.2) is 0 Å².